The van der Waals surface area contributed by atoms with Crippen LogP contribution in [0.15, 0.2) is 12.8 Å². The molecule has 1 spiro atoms. The molecule has 0 N–H and O–H groups in total. The fourth-order valence-electron chi connectivity index (χ4n) is 2.68. The highest BCUT2D eigenvalue weighted by molar-refractivity contribution is 5.73. The van der Waals surface area contributed by atoms with Crippen molar-refractivity contribution >= 4 is 5.91 Å². The smallest absolute Gasteiger partial charge is 0.219 e. The first kappa shape index (κ1) is 9.56. The molecule has 0 radical (unpaired) electrons. The number of ether oxygens (including phenoxy) is 1. The van der Waals surface area contributed by atoms with Crippen molar-refractivity contribution in [2.45, 2.75) is 32.3 Å². The van der Waals surface area contributed by atoms with Gasteiger partial charge in [-0.2, -0.15) is 0 Å². The van der Waals surface area contributed by atoms with E-state index in [1.165, 1.54) is 6.26 Å². The first-order valence-corrected chi connectivity index (χ1v) is 5.17. The van der Waals surface area contributed by atoms with E-state index in [-0.39, 0.29) is 5.91 Å². The molecule has 2 aliphatic rings. The average molecular weight is 195 g/mol. The fourth-order valence-corrected chi connectivity index (χ4v) is 2.68. The minimum absolute atomic E-state index is 0.204. The molecule has 1 heterocycles. The summed E-state index contributed by atoms with van der Waals surface area (Å²) in [7, 11) is 0. The molecule has 3 nitrogen and oxygen atoms in total. The average Bonchev–Trinajstić information content (AvgIpc) is 2.48. The Morgan fingerprint density at radius 2 is 2.36 bits per heavy atom. The van der Waals surface area contributed by atoms with Gasteiger partial charge in [-0.1, -0.05) is 6.58 Å². The summed E-state index contributed by atoms with van der Waals surface area (Å²) in [4.78, 5) is 13.1. The van der Waals surface area contributed by atoms with E-state index in [2.05, 4.69) is 6.58 Å². The highest BCUT2D eigenvalue weighted by Gasteiger charge is 2.49. The molecule has 1 saturated heterocycles. The van der Waals surface area contributed by atoms with Gasteiger partial charge in [-0.25, -0.2) is 0 Å². The van der Waals surface area contributed by atoms with Gasteiger partial charge in [0.05, 0.1) is 12.4 Å². The largest absolute Gasteiger partial charge is 0.499 e. The van der Waals surface area contributed by atoms with Crippen molar-refractivity contribution in [2.75, 3.05) is 13.1 Å². The van der Waals surface area contributed by atoms with Gasteiger partial charge in [-0.3, -0.25) is 4.79 Å². The van der Waals surface area contributed by atoms with Crippen LogP contribution in [0.3, 0.4) is 0 Å². The highest BCUT2D eigenvalue weighted by atomic mass is 16.5. The molecular weight excluding hydrogens is 178 g/mol. The fraction of sp³-hybridized carbons (Fsp3) is 0.727. The normalized spacial score (nSPS) is 35.5. The monoisotopic (exact) mass is 195 g/mol. The Morgan fingerprint density at radius 1 is 1.64 bits per heavy atom. The third-order valence-electron chi connectivity index (χ3n) is 3.49. The van der Waals surface area contributed by atoms with Crippen molar-refractivity contribution in [2.24, 2.45) is 5.41 Å². The second-order valence-corrected chi connectivity index (χ2v) is 4.52. The van der Waals surface area contributed by atoms with Crippen LogP contribution in [-0.4, -0.2) is 30.0 Å². The van der Waals surface area contributed by atoms with E-state index in [0.717, 1.165) is 32.4 Å². The van der Waals surface area contributed by atoms with E-state index in [1.54, 1.807) is 6.92 Å². The molecule has 78 valence electrons. The van der Waals surface area contributed by atoms with Crippen molar-refractivity contribution in [1.82, 2.24) is 4.90 Å². The molecule has 0 aromatic carbocycles. The Morgan fingerprint density at radius 3 is 2.86 bits per heavy atom. The van der Waals surface area contributed by atoms with Gasteiger partial charge >= 0.3 is 0 Å². The van der Waals surface area contributed by atoms with Crippen LogP contribution in [-0.2, 0) is 9.53 Å². The summed E-state index contributed by atoms with van der Waals surface area (Å²) in [6, 6.07) is 0. The zero-order chi connectivity index (χ0) is 10.2. The zero-order valence-corrected chi connectivity index (χ0v) is 8.66. The lowest BCUT2D eigenvalue weighted by Gasteiger charge is -2.44. The van der Waals surface area contributed by atoms with Crippen LogP contribution < -0.4 is 0 Å². The van der Waals surface area contributed by atoms with E-state index >= 15 is 0 Å². The number of hydrogen-bond donors (Lipinski definition) is 0. The van der Waals surface area contributed by atoms with E-state index in [4.69, 9.17) is 4.74 Å². The second-order valence-electron chi connectivity index (χ2n) is 4.52. The number of amides is 1. The summed E-state index contributed by atoms with van der Waals surface area (Å²) in [5.41, 5.74) is 0.374. The topological polar surface area (TPSA) is 29.5 Å². The molecule has 2 fully saturated rings. The van der Waals surface area contributed by atoms with Crippen LogP contribution in [0.4, 0.5) is 0 Å². The molecule has 0 aromatic heterocycles. The van der Waals surface area contributed by atoms with Crippen molar-refractivity contribution in [3.63, 3.8) is 0 Å². The minimum atomic E-state index is 0.204. The van der Waals surface area contributed by atoms with Gasteiger partial charge in [0.25, 0.3) is 0 Å². The molecule has 1 aliphatic heterocycles. The number of likely N-dealkylation sites (tertiary alicyclic amines) is 1. The Labute approximate surface area is 84.7 Å². The molecule has 0 aromatic rings. The second kappa shape index (κ2) is 3.30. The Balaban J connectivity index is 1.85. The van der Waals surface area contributed by atoms with Crippen LogP contribution >= 0.6 is 0 Å². The number of carbonyl (C=O) groups excluding carboxylic acids is 1. The zero-order valence-electron chi connectivity index (χ0n) is 8.66. The maximum absolute atomic E-state index is 11.2. The van der Waals surface area contributed by atoms with Crippen molar-refractivity contribution in [1.29, 1.82) is 0 Å². The van der Waals surface area contributed by atoms with E-state index < -0.39 is 0 Å². The Bertz CT molecular complexity index is 256. The van der Waals surface area contributed by atoms with Crippen molar-refractivity contribution in [3.8, 4) is 0 Å². The number of carbonyl (C=O) groups is 1. The summed E-state index contributed by atoms with van der Waals surface area (Å²) in [6.45, 7) is 7.06. The summed E-state index contributed by atoms with van der Waals surface area (Å²) < 4.78 is 5.32. The lowest BCUT2D eigenvalue weighted by atomic mass is 9.66. The highest BCUT2D eigenvalue weighted by Crippen LogP contribution is 2.49. The summed E-state index contributed by atoms with van der Waals surface area (Å²) in [5.74, 6) is 0.204. The molecular formula is C11H17NO2. The molecule has 1 saturated carbocycles. The summed E-state index contributed by atoms with van der Waals surface area (Å²) in [6.07, 6.45) is 5.18. The third kappa shape index (κ3) is 1.51. The van der Waals surface area contributed by atoms with Crippen LogP contribution in [0.25, 0.3) is 0 Å². The van der Waals surface area contributed by atoms with E-state index in [9.17, 15) is 4.79 Å². The predicted octanol–water partition coefficient (Wildman–Crippen LogP) is 1.55. The number of hydrogen-bond acceptors (Lipinski definition) is 2. The molecule has 1 amide bonds. The maximum atomic E-state index is 11.2. The van der Waals surface area contributed by atoms with Gasteiger partial charge in [0.15, 0.2) is 0 Å². The Hall–Kier alpha value is -0.990. The van der Waals surface area contributed by atoms with Gasteiger partial charge in [0, 0.05) is 20.0 Å². The number of rotatable bonds is 2. The van der Waals surface area contributed by atoms with Gasteiger partial charge in [0.1, 0.15) is 0 Å². The van der Waals surface area contributed by atoms with Crippen LogP contribution in [0, 0.1) is 5.41 Å². The molecule has 0 bridgehead atoms. The lowest BCUT2D eigenvalue weighted by Crippen LogP contribution is -2.44. The summed E-state index contributed by atoms with van der Waals surface area (Å²) in [5, 5.41) is 0. The minimum Gasteiger partial charge on any atom is -0.499 e. The molecule has 3 heteroatoms. The molecule has 2 rings (SSSR count). The predicted molar refractivity (Wildman–Crippen MR) is 53.6 cm³/mol. The van der Waals surface area contributed by atoms with Gasteiger partial charge in [0.2, 0.25) is 5.91 Å². The molecule has 14 heavy (non-hydrogen) atoms. The quantitative estimate of drug-likeness (QED) is 0.626. The van der Waals surface area contributed by atoms with Crippen LogP contribution in [0.2, 0.25) is 0 Å². The molecule has 0 atom stereocenters. The van der Waals surface area contributed by atoms with Crippen molar-refractivity contribution in [3.05, 3.63) is 12.8 Å². The molecule has 1 aliphatic carbocycles. The van der Waals surface area contributed by atoms with Crippen molar-refractivity contribution < 1.29 is 9.53 Å². The number of nitrogens with zero attached hydrogens (tertiary/aromatic N) is 1. The lowest BCUT2D eigenvalue weighted by molar-refractivity contribution is -0.129. The Kier molecular flexibility index (Phi) is 2.25. The molecule has 0 unspecified atom stereocenters. The maximum Gasteiger partial charge on any atom is 0.219 e. The third-order valence-corrected chi connectivity index (χ3v) is 3.49. The van der Waals surface area contributed by atoms with E-state index in [1.807, 2.05) is 4.90 Å². The standard InChI is InChI=1S/C11H17NO2/c1-3-14-10-6-11(7-10)4-5-12(8-11)9(2)13/h3,10H,1,4-8H2,2H3. The van der Waals surface area contributed by atoms with E-state index in [0.29, 0.717) is 11.5 Å². The van der Waals surface area contributed by atoms with Crippen LogP contribution in [0.1, 0.15) is 26.2 Å². The summed E-state index contributed by atoms with van der Waals surface area (Å²) >= 11 is 0. The SMILES string of the molecule is C=COC1CC2(CCN(C(C)=O)C2)C1. The van der Waals surface area contributed by atoms with Gasteiger partial charge < -0.3 is 9.64 Å². The van der Waals surface area contributed by atoms with Crippen LogP contribution in [0.5, 0.6) is 0 Å². The first-order valence-electron chi connectivity index (χ1n) is 5.17. The van der Waals surface area contributed by atoms with Gasteiger partial charge in [-0.15, -0.1) is 0 Å². The van der Waals surface area contributed by atoms with Gasteiger partial charge in [-0.05, 0) is 24.7 Å². The first-order chi connectivity index (χ1) is 6.65.